The molecule has 27 heavy (non-hydrogen) atoms. The van der Waals surface area contributed by atoms with E-state index in [4.69, 9.17) is 9.98 Å². The van der Waals surface area contributed by atoms with Gasteiger partial charge in [-0.3, -0.25) is 9.98 Å². The maximum atomic E-state index is 11.0. The molecular weight excluding hydrogens is 335 g/mol. The predicted octanol–water partition coefficient (Wildman–Crippen LogP) is 2.61. The van der Waals surface area contributed by atoms with E-state index in [2.05, 4.69) is 17.2 Å². The summed E-state index contributed by atoms with van der Waals surface area (Å²) in [5.41, 5.74) is 3.39. The Morgan fingerprint density at radius 3 is 2.81 bits per heavy atom. The Labute approximate surface area is 162 Å². The van der Waals surface area contributed by atoms with Crippen LogP contribution in [0.25, 0.3) is 0 Å². The van der Waals surface area contributed by atoms with E-state index in [0.717, 1.165) is 47.8 Å². The van der Waals surface area contributed by atoms with Crippen LogP contribution in [-0.4, -0.2) is 43.3 Å². The van der Waals surface area contributed by atoms with Gasteiger partial charge in [0.25, 0.3) is 0 Å². The summed E-state index contributed by atoms with van der Waals surface area (Å²) >= 11 is 0. The molecule has 0 aromatic carbocycles. The first-order valence-electron chi connectivity index (χ1n) is 9.50. The van der Waals surface area contributed by atoms with Crippen LogP contribution in [0.1, 0.15) is 38.8 Å². The molecule has 0 bridgehead atoms. The fraction of sp³-hybridized carbons (Fsp3) is 0.333. The lowest BCUT2D eigenvalue weighted by atomic mass is 10.0. The van der Waals surface area contributed by atoms with E-state index in [1.165, 1.54) is 0 Å². The topological polar surface area (TPSA) is 66.7 Å². The summed E-state index contributed by atoms with van der Waals surface area (Å²) in [6.07, 6.45) is 10.7. The van der Waals surface area contributed by atoms with Gasteiger partial charge in [-0.2, -0.15) is 0 Å². The van der Waals surface area contributed by atoms with E-state index >= 15 is 0 Å². The fourth-order valence-corrected chi connectivity index (χ4v) is 2.82. The number of rotatable bonds is 7. The average molecular weight is 362 g/mol. The van der Waals surface area contributed by atoms with Gasteiger partial charge in [-0.25, -0.2) is 4.99 Å². The number of hydrogen-bond donors (Lipinski definition) is 1. The molecule has 1 N–H and O–H groups in total. The Kier molecular flexibility index (Phi) is 8.42. The van der Waals surface area contributed by atoms with Crippen molar-refractivity contribution in [2.75, 3.05) is 6.54 Å². The number of pyridine rings is 1. The molecule has 1 aromatic rings. The molecule has 1 aliphatic rings. The lowest BCUT2D eigenvalue weighted by molar-refractivity contribution is -0.107. The first-order valence-corrected chi connectivity index (χ1v) is 9.50. The molecule has 140 valence electrons. The van der Waals surface area contributed by atoms with Crippen molar-refractivity contribution in [3.63, 3.8) is 0 Å². The van der Waals surface area contributed by atoms with Crippen LogP contribution in [0, 0.1) is 0 Å². The van der Waals surface area contributed by atoms with E-state index in [9.17, 15) is 4.79 Å². The molecule has 1 atom stereocenters. The summed E-state index contributed by atoms with van der Waals surface area (Å²) in [6, 6.07) is 5.60. The predicted molar refractivity (Wildman–Crippen MR) is 115 cm³/mol. The number of aromatic nitrogens is 1. The van der Waals surface area contributed by atoms with Crippen LogP contribution >= 0.6 is 0 Å². The minimum Gasteiger partial charge on any atom is -0.372 e. The molecular formula is C21H27BN4O. The Hall–Kier alpha value is -2.76. The summed E-state index contributed by atoms with van der Waals surface area (Å²) in [4.78, 5) is 25.4. The minimum absolute atomic E-state index is 0.204. The summed E-state index contributed by atoms with van der Waals surface area (Å²) in [5.74, 6) is 2.78. The Balaban J connectivity index is 2.63. The molecule has 0 fully saturated rings. The summed E-state index contributed by atoms with van der Waals surface area (Å²) in [6.45, 7) is 4.91. The molecule has 6 heteroatoms. The molecule has 0 radical (unpaired) electrons. The van der Waals surface area contributed by atoms with Gasteiger partial charge in [0.2, 0.25) is 0 Å². The first kappa shape index (κ1) is 20.6. The fourth-order valence-electron chi connectivity index (χ4n) is 2.82. The summed E-state index contributed by atoms with van der Waals surface area (Å²) in [7, 11) is 1.98. The zero-order chi connectivity index (χ0) is 19.5. The van der Waals surface area contributed by atoms with Crippen LogP contribution in [0.4, 0.5) is 0 Å². The number of aliphatic imine (C=N–C) groups is 2. The Morgan fingerprint density at radius 2 is 2.19 bits per heavy atom. The van der Waals surface area contributed by atoms with E-state index in [0.29, 0.717) is 12.8 Å². The number of aldehydes is 1. The number of carbonyl (C=O) groups is 1. The monoisotopic (exact) mass is 362 g/mol. The zero-order valence-corrected chi connectivity index (χ0v) is 16.4. The van der Waals surface area contributed by atoms with Crippen LogP contribution in [0.3, 0.4) is 0 Å². The van der Waals surface area contributed by atoms with E-state index in [1.54, 1.807) is 6.20 Å². The summed E-state index contributed by atoms with van der Waals surface area (Å²) < 4.78 is 0. The highest BCUT2D eigenvalue weighted by molar-refractivity contribution is 6.17. The van der Waals surface area contributed by atoms with Crippen molar-refractivity contribution >= 4 is 25.7 Å². The van der Waals surface area contributed by atoms with Crippen LogP contribution in [0.15, 0.2) is 69.9 Å². The van der Waals surface area contributed by atoms with Crippen molar-refractivity contribution in [1.82, 2.24) is 10.3 Å². The number of nitrogens with zero attached hydrogens (tertiary/aromatic N) is 3. The zero-order valence-electron chi connectivity index (χ0n) is 16.4. The second kappa shape index (κ2) is 11.1. The lowest BCUT2D eigenvalue weighted by Crippen LogP contribution is -2.34. The van der Waals surface area contributed by atoms with Gasteiger partial charge in [0, 0.05) is 24.7 Å². The Bertz CT molecular complexity index is 779. The quantitative estimate of drug-likeness (QED) is 0.599. The molecule has 1 aromatic heterocycles. The van der Waals surface area contributed by atoms with Gasteiger partial charge in [-0.05, 0) is 38.0 Å². The van der Waals surface area contributed by atoms with Crippen LogP contribution < -0.4 is 5.32 Å². The third-order valence-corrected chi connectivity index (χ3v) is 4.13. The largest absolute Gasteiger partial charge is 0.372 e. The summed E-state index contributed by atoms with van der Waals surface area (Å²) in [5, 5.41) is 3.41. The minimum atomic E-state index is -0.204. The highest BCUT2D eigenvalue weighted by Crippen LogP contribution is 2.24. The molecule has 0 unspecified atom stereocenters. The maximum Gasteiger partial charge on any atom is 0.129 e. The van der Waals surface area contributed by atoms with Gasteiger partial charge in [0.15, 0.2) is 0 Å². The van der Waals surface area contributed by atoms with Crippen molar-refractivity contribution in [1.29, 1.82) is 0 Å². The highest BCUT2D eigenvalue weighted by Gasteiger charge is 2.24. The number of hydrogen-bond acceptors (Lipinski definition) is 5. The molecule has 0 spiro atoms. The van der Waals surface area contributed by atoms with Crippen LogP contribution in [0.5, 0.6) is 0 Å². The molecule has 0 saturated carbocycles. The van der Waals surface area contributed by atoms with Crippen molar-refractivity contribution in [3.05, 3.63) is 65.6 Å². The third-order valence-electron chi connectivity index (χ3n) is 4.13. The van der Waals surface area contributed by atoms with Crippen LogP contribution in [-0.2, 0) is 4.79 Å². The standard InChI is InChI=1S/C21H27BN4O/c1-3-13-24-21-19(11-8-15-27)25-20(18-9-5-6-14-23-18)16(4-2)17(26-21)10-7-12-22/h4-7,9-10,12,14-15,19H,3,8,11,13,22H2,1-2H3,(H,24,26)/b12-7+,16-4+,17-10+/t19-/m0/s1. The lowest BCUT2D eigenvalue weighted by Gasteiger charge is -2.15. The second-order valence-corrected chi connectivity index (χ2v) is 6.16. The van der Waals surface area contributed by atoms with E-state index < -0.39 is 0 Å². The maximum absolute atomic E-state index is 11.0. The smallest absolute Gasteiger partial charge is 0.129 e. The van der Waals surface area contributed by atoms with Gasteiger partial charge < -0.3 is 10.1 Å². The number of allylic oxidation sites excluding steroid dienone is 4. The number of carbonyl (C=O) groups excluding carboxylic acids is 1. The van der Waals surface area contributed by atoms with E-state index in [1.807, 2.05) is 57.2 Å². The highest BCUT2D eigenvalue weighted by atomic mass is 16.1. The van der Waals surface area contributed by atoms with Crippen molar-refractivity contribution in [2.45, 2.75) is 39.2 Å². The molecule has 0 aliphatic carbocycles. The second-order valence-electron chi connectivity index (χ2n) is 6.16. The van der Waals surface area contributed by atoms with Crippen molar-refractivity contribution in [2.24, 2.45) is 9.98 Å². The molecule has 0 saturated heterocycles. The Morgan fingerprint density at radius 1 is 1.33 bits per heavy atom. The van der Waals surface area contributed by atoms with Crippen LogP contribution in [0.2, 0.25) is 0 Å². The average Bonchev–Trinajstić information content (AvgIpc) is 2.86. The van der Waals surface area contributed by atoms with Gasteiger partial charge in [-0.15, -0.1) is 5.98 Å². The number of nitrogens with one attached hydrogen (secondary N) is 1. The molecule has 0 amide bonds. The van der Waals surface area contributed by atoms with Gasteiger partial charge in [-0.1, -0.05) is 25.1 Å². The third kappa shape index (κ3) is 5.61. The van der Waals surface area contributed by atoms with Crippen molar-refractivity contribution in [3.8, 4) is 0 Å². The molecule has 5 nitrogen and oxygen atoms in total. The van der Waals surface area contributed by atoms with Gasteiger partial charge in [0.05, 0.1) is 17.1 Å². The number of amidine groups is 1. The van der Waals surface area contributed by atoms with Gasteiger partial charge in [0.1, 0.15) is 26.0 Å². The molecule has 1 aliphatic heterocycles. The van der Waals surface area contributed by atoms with Crippen molar-refractivity contribution < 1.29 is 4.79 Å². The first-order chi connectivity index (χ1) is 13.2. The van der Waals surface area contributed by atoms with Gasteiger partial charge >= 0.3 is 0 Å². The normalized spacial score (nSPS) is 20.4. The SMILES string of the molecule is B/C=C/C=C1/N=C(NCCC)[C@H](CCC=O)N=C(c2ccccn2)/C1=C/C. The van der Waals surface area contributed by atoms with E-state index in [-0.39, 0.29) is 6.04 Å². The molecule has 2 rings (SSSR count). The molecule has 2 heterocycles.